The van der Waals surface area contributed by atoms with E-state index in [1.54, 1.807) is 0 Å². The molecule has 0 bridgehead atoms. The highest BCUT2D eigenvalue weighted by molar-refractivity contribution is 7.87. The second kappa shape index (κ2) is 8.98. The first kappa shape index (κ1) is 24.8. The molecule has 0 aliphatic carbocycles. The molecule has 45 heavy (non-hydrogen) atoms. The zero-order chi connectivity index (χ0) is 29.7. The molecule has 1 atom stereocenters. The monoisotopic (exact) mass is 595 g/mol. The van der Waals surface area contributed by atoms with Gasteiger partial charge in [-0.3, -0.25) is 0 Å². The Labute approximate surface area is 261 Å². The van der Waals surface area contributed by atoms with Gasteiger partial charge in [-0.15, -0.1) is 0 Å². The molecular formula is C40H26N3OP. The van der Waals surface area contributed by atoms with Crippen LogP contribution in [0.1, 0.15) is 0 Å². The fourth-order valence-corrected chi connectivity index (χ4v) is 11.4. The van der Waals surface area contributed by atoms with Crippen LogP contribution >= 0.6 is 7.14 Å². The van der Waals surface area contributed by atoms with Crippen LogP contribution in [-0.4, -0.2) is 0 Å². The van der Waals surface area contributed by atoms with Gasteiger partial charge in [0.25, 0.3) is 0 Å². The summed E-state index contributed by atoms with van der Waals surface area (Å²) in [5.74, 6) is 0. The number of para-hydroxylation sites is 3. The van der Waals surface area contributed by atoms with E-state index in [-0.39, 0.29) is 0 Å². The Kier molecular flexibility index (Phi) is 4.95. The molecule has 5 heteroatoms. The van der Waals surface area contributed by atoms with Crippen molar-refractivity contribution in [2.75, 3.05) is 14.7 Å². The quantitative estimate of drug-likeness (QED) is 0.190. The summed E-state index contributed by atoms with van der Waals surface area (Å²) in [4.78, 5) is 6.98. The van der Waals surface area contributed by atoms with Crippen LogP contribution in [0.5, 0.6) is 0 Å². The molecular weight excluding hydrogens is 569 g/mol. The highest BCUT2D eigenvalue weighted by atomic mass is 31.2. The van der Waals surface area contributed by atoms with E-state index in [0.29, 0.717) is 0 Å². The lowest BCUT2D eigenvalue weighted by atomic mass is 10.0. The maximum absolute atomic E-state index is 16.7. The minimum absolute atomic E-state index is 0.898. The number of benzene rings is 7. The molecule has 0 fully saturated rings. The van der Waals surface area contributed by atoms with E-state index >= 15 is 4.57 Å². The highest BCUT2D eigenvalue weighted by Crippen LogP contribution is 2.67. The third kappa shape index (κ3) is 3.14. The van der Waals surface area contributed by atoms with E-state index in [0.717, 1.165) is 77.9 Å². The molecule has 0 spiro atoms. The van der Waals surface area contributed by atoms with E-state index in [1.807, 2.05) is 18.2 Å². The topological polar surface area (TPSA) is 26.8 Å². The van der Waals surface area contributed by atoms with Crippen molar-refractivity contribution < 1.29 is 4.57 Å². The van der Waals surface area contributed by atoms with Gasteiger partial charge < -0.3 is 19.3 Å². The van der Waals surface area contributed by atoms with Crippen LogP contribution in [0.4, 0.5) is 51.2 Å². The number of nitrogens with zero attached hydrogens (tertiary/aromatic N) is 3. The zero-order valence-corrected chi connectivity index (χ0v) is 25.1. The molecule has 1 unspecified atom stereocenters. The Bertz CT molecular complexity index is 2350. The lowest BCUT2D eigenvalue weighted by molar-refractivity contribution is 0.592. The smallest absolute Gasteiger partial charge is 0.183 e. The second-order valence-electron chi connectivity index (χ2n) is 11.7. The summed E-state index contributed by atoms with van der Waals surface area (Å²) in [7, 11) is -3.39. The van der Waals surface area contributed by atoms with Crippen LogP contribution in [0.15, 0.2) is 158 Å². The molecule has 0 saturated heterocycles. The van der Waals surface area contributed by atoms with Crippen LogP contribution in [0.3, 0.4) is 0 Å². The van der Waals surface area contributed by atoms with Crippen molar-refractivity contribution in [3.8, 4) is 0 Å². The molecule has 0 amide bonds. The average Bonchev–Trinajstić information content (AvgIpc) is 3.09. The van der Waals surface area contributed by atoms with Crippen molar-refractivity contribution in [3.05, 3.63) is 158 Å². The first-order valence-corrected chi connectivity index (χ1v) is 16.9. The van der Waals surface area contributed by atoms with Crippen molar-refractivity contribution in [2.24, 2.45) is 0 Å². The highest BCUT2D eigenvalue weighted by Gasteiger charge is 2.54. The molecule has 0 saturated carbocycles. The van der Waals surface area contributed by atoms with E-state index < -0.39 is 7.14 Å². The molecule has 0 radical (unpaired) electrons. The van der Waals surface area contributed by atoms with Crippen LogP contribution in [0.2, 0.25) is 0 Å². The molecule has 4 nitrogen and oxygen atoms in total. The molecule has 0 aromatic heterocycles. The van der Waals surface area contributed by atoms with Gasteiger partial charge in [-0.05, 0) is 72.1 Å². The van der Waals surface area contributed by atoms with Gasteiger partial charge in [-0.2, -0.15) is 0 Å². The van der Waals surface area contributed by atoms with E-state index in [9.17, 15) is 0 Å². The van der Waals surface area contributed by atoms with E-state index in [2.05, 4.69) is 154 Å². The zero-order valence-electron chi connectivity index (χ0n) is 24.2. The largest absolute Gasteiger partial charge is 0.309 e. The maximum atomic E-state index is 16.7. The minimum atomic E-state index is -3.39. The number of hydrogen-bond donors (Lipinski definition) is 0. The second-order valence-corrected chi connectivity index (χ2v) is 14.3. The molecule has 0 N–H and O–H groups in total. The normalized spacial score (nSPS) is 16.9. The summed E-state index contributed by atoms with van der Waals surface area (Å²) in [5.41, 5.74) is 8.94. The van der Waals surface area contributed by atoms with E-state index in [4.69, 9.17) is 0 Å². The number of fused-ring (bicyclic) bond motifs is 2. The molecule has 3 heterocycles. The maximum Gasteiger partial charge on any atom is 0.183 e. The Morgan fingerprint density at radius 2 is 0.800 bits per heavy atom. The lowest BCUT2D eigenvalue weighted by Crippen LogP contribution is -2.47. The Morgan fingerprint density at radius 3 is 1.33 bits per heavy atom. The SMILES string of the molecule is O=P12c3c4cccc3N(c3ccccc3)c3cc5ccccc5c(c31)N(c1ccccc1)c1cccc(c12)N4c1ccccc1. The van der Waals surface area contributed by atoms with Gasteiger partial charge in [0.1, 0.15) is 0 Å². The molecule has 3 aliphatic rings. The van der Waals surface area contributed by atoms with Crippen LogP contribution in [-0.2, 0) is 4.57 Å². The van der Waals surface area contributed by atoms with Crippen molar-refractivity contribution in [2.45, 2.75) is 0 Å². The van der Waals surface area contributed by atoms with Crippen LogP contribution < -0.4 is 30.6 Å². The predicted molar refractivity (Wildman–Crippen MR) is 188 cm³/mol. The molecule has 3 aliphatic heterocycles. The average molecular weight is 596 g/mol. The Hall–Kier alpha value is -5.57. The number of hydrogen-bond acceptors (Lipinski definition) is 4. The van der Waals surface area contributed by atoms with Gasteiger partial charge in [0.2, 0.25) is 0 Å². The molecule has 7 aromatic carbocycles. The summed E-state index contributed by atoms with van der Waals surface area (Å²) in [6.45, 7) is 0. The van der Waals surface area contributed by atoms with Crippen LogP contribution in [0.25, 0.3) is 10.8 Å². The van der Waals surface area contributed by atoms with Crippen molar-refractivity contribution in [3.63, 3.8) is 0 Å². The standard InChI is InChI=1S/C40H26N3OP/c44-45-38-32-22-12-24-34(38)42(29-17-6-2-7-18-29)36-26-27-14-10-11-21-31(27)37(40(36)45)43(30-19-8-3-9-20-30)35-25-13-23-33(39(35)45)41(32)28-15-4-1-5-16-28/h1-26H. The van der Waals surface area contributed by atoms with Gasteiger partial charge in [0, 0.05) is 22.4 Å². The summed E-state index contributed by atoms with van der Waals surface area (Å²) >= 11 is 0. The molecule has 212 valence electrons. The van der Waals surface area contributed by atoms with Gasteiger partial charge in [0.15, 0.2) is 7.14 Å². The summed E-state index contributed by atoms with van der Waals surface area (Å²) in [6.07, 6.45) is 0. The Morgan fingerprint density at radius 1 is 0.378 bits per heavy atom. The van der Waals surface area contributed by atoms with Gasteiger partial charge in [-0.1, -0.05) is 91.0 Å². The minimum Gasteiger partial charge on any atom is -0.309 e. The van der Waals surface area contributed by atoms with Gasteiger partial charge in [0.05, 0.1) is 50.0 Å². The first-order chi connectivity index (χ1) is 22.2. The van der Waals surface area contributed by atoms with Gasteiger partial charge in [-0.25, -0.2) is 0 Å². The van der Waals surface area contributed by atoms with Crippen molar-refractivity contribution >= 4 is 85.0 Å². The van der Waals surface area contributed by atoms with Crippen LogP contribution in [0, 0.1) is 0 Å². The van der Waals surface area contributed by atoms with Crippen molar-refractivity contribution in [1.82, 2.24) is 0 Å². The van der Waals surface area contributed by atoms with Gasteiger partial charge >= 0.3 is 0 Å². The predicted octanol–water partition coefficient (Wildman–Crippen LogP) is 9.83. The lowest BCUT2D eigenvalue weighted by Gasteiger charge is -2.50. The molecule has 7 aromatic rings. The number of anilines is 9. The molecule has 10 rings (SSSR count). The fraction of sp³-hybridized carbons (Fsp3) is 0. The van der Waals surface area contributed by atoms with Crippen molar-refractivity contribution in [1.29, 1.82) is 0 Å². The Balaban J connectivity index is 1.45. The summed E-state index contributed by atoms with van der Waals surface area (Å²) < 4.78 is 16.7. The third-order valence-corrected chi connectivity index (χ3v) is 12.6. The fourth-order valence-electron chi connectivity index (χ4n) is 7.69. The summed E-state index contributed by atoms with van der Waals surface area (Å²) in [5, 5.41) is 4.90. The first-order valence-electron chi connectivity index (χ1n) is 15.2. The van der Waals surface area contributed by atoms with E-state index in [1.165, 1.54) is 0 Å². The summed E-state index contributed by atoms with van der Waals surface area (Å²) in [6, 6.07) is 55.0. The number of rotatable bonds is 3. The third-order valence-electron chi connectivity index (χ3n) is 9.38.